The van der Waals surface area contributed by atoms with Crippen molar-refractivity contribution >= 4 is 5.96 Å². The number of benzene rings is 1. The molecule has 2 N–H and O–H groups in total. The fraction of sp³-hybridized carbons (Fsp3) is 0.667. The predicted octanol–water partition coefficient (Wildman–Crippen LogP) is 3.65. The summed E-state index contributed by atoms with van der Waals surface area (Å²) < 4.78 is 43.4. The van der Waals surface area contributed by atoms with Crippen LogP contribution in [0.1, 0.15) is 44.2 Å². The Morgan fingerprint density at radius 3 is 2.62 bits per heavy atom. The molecule has 0 spiro atoms. The van der Waals surface area contributed by atoms with Crippen molar-refractivity contribution in [2.75, 3.05) is 39.4 Å². The molecule has 5 nitrogen and oxygen atoms in total. The predicted molar refractivity (Wildman–Crippen MR) is 110 cm³/mol. The third-order valence-electron chi connectivity index (χ3n) is 4.82. The highest BCUT2D eigenvalue weighted by Gasteiger charge is 2.30. The zero-order valence-corrected chi connectivity index (χ0v) is 17.4. The number of nitrogens with one attached hydrogen (secondary N) is 2. The molecule has 0 aromatic heterocycles. The average molecular weight is 415 g/mol. The number of rotatable bonds is 10. The van der Waals surface area contributed by atoms with E-state index in [9.17, 15) is 13.2 Å². The lowest BCUT2D eigenvalue weighted by Gasteiger charge is -2.19. The second kappa shape index (κ2) is 12.0. The number of ether oxygens (including phenoxy) is 1. The summed E-state index contributed by atoms with van der Waals surface area (Å²) in [5.74, 6) is 0.824. The molecular formula is C21H33F3N4O. The van der Waals surface area contributed by atoms with Crippen LogP contribution in [0.25, 0.3) is 0 Å². The van der Waals surface area contributed by atoms with Crippen molar-refractivity contribution in [3.05, 3.63) is 35.4 Å². The first-order valence-electron chi connectivity index (χ1n) is 10.4. The van der Waals surface area contributed by atoms with Crippen molar-refractivity contribution in [1.82, 2.24) is 15.5 Å². The lowest BCUT2D eigenvalue weighted by Crippen LogP contribution is -2.44. The Labute approximate surface area is 171 Å². The second-order valence-corrected chi connectivity index (χ2v) is 7.22. The van der Waals surface area contributed by atoms with Gasteiger partial charge in [0, 0.05) is 52.0 Å². The van der Waals surface area contributed by atoms with Gasteiger partial charge < -0.3 is 15.4 Å². The van der Waals surface area contributed by atoms with Crippen LogP contribution < -0.4 is 10.6 Å². The fourth-order valence-electron chi connectivity index (χ4n) is 3.32. The molecule has 0 amide bonds. The molecule has 0 radical (unpaired) electrons. The van der Waals surface area contributed by atoms with Crippen LogP contribution in [0, 0.1) is 0 Å². The molecule has 1 aliphatic rings. The van der Waals surface area contributed by atoms with Crippen LogP contribution in [0.4, 0.5) is 13.2 Å². The van der Waals surface area contributed by atoms with Gasteiger partial charge in [0.2, 0.25) is 0 Å². The van der Waals surface area contributed by atoms with E-state index < -0.39 is 11.7 Å². The van der Waals surface area contributed by atoms with Gasteiger partial charge in [-0.25, -0.2) is 0 Å². The molecule has 164 valence electrons. The van der Waals surface area contributed by atoms with Gasteiger partial charge in [0.1, 0.15) is 0 Å². The Morgan fingerprint density at radius 1 is 1.21 bits per heavy atom. The van der Waals surface area contributed by atoms with Gasteiger partial charge in [-0.2, -0.15) is 13.2 Å². The number of hydrogen-bond acceptors (Lipinski definition) is 3. The van der Waals surface area contributed by atoms with Gasteiger partial charge in [-0.1, -0.05) is 12.1 Å². The SMILES string of the molecule is CCNC(=NCCCCOCC)NC1CCN(Cc2ccc(C(F)(F)F)cc2)C1. The summed E-state index contributed by atoms with van der Waals surface area (Å²) >= 11 is 0. The lowest BCUT2D eigenvalue weighted by atomic mass is 10.1. The Kier molecular flexibility index (Phi) is 9.73. The van der Waals surface area contributed by atoms with E-state index >= 15 is 0 Å². The largest absolute Gasteiger partial charge is 0.416 e. The molecule has 1 heterocycles. The number of guanidine groups is 1. The highest BCUT2D eigenvalue weighted by Crippen LogP contribution is 2.29. The molecule has 29 heavy (non-hydrogen) atoms. The lowest BCUT2D eigenvalue weighted by molar-refractivity contribution is -0.137. The summed E-state index contributed by atoms with van der Waals surface area (Å²) in [6.45, 7) is 9.52. The summed E-state index contributed by atoms with van der Waals surface area (Å²) in [6, 6.07) is 5.73. The molecule has 8 heteroatoms. The molecule has 2 rings (SSSR count). The van der Waals surface area contributed by atoms with Gasteiger partial charge in [-0.3, -0.25) is 9.89 Å². The minimum atomic E-state index is -4.29. The molecule has 1 aliphatic heterocycles. The summed E-state index contributed by atoms with van der Waals surface area (Å²) in [7, 11) is 0. The van der Waals surface area contributed by atoms with Crippen molar-refractivity contribution in [3.8, 4) is 0 Å². The molecular weight excluding hydrogens is 381 g/mol. The smallest absolute Gasteiger partial charge is 0.382 e. The van der Waals surface area contributed by atoms with E-state index in [2.05, 4.69) is 20.5 Å². The molecule has 1 atom stereocenters. The Bertz CT molecular complexity index is 619. The Hall–Kier alpha value is -1.80. The molecule has 0 aliphatic carbocycles. The van der Waals surface area contributed by atoms with Crippen LogP contribution in [0.2, 0.25) is 0 Å². The van der Waals surface area contributed by atoms with E-state index in [0.29, 0.717) is 6.54 Å². The number of aliphatic imine (C=N–C) groups is 1. The van der Waals surface area contributed by atoms with Crippen molar-refractivity contribution in [3.63, 3.8) is 0 Å². The second-order valence-electron chi connectivity index (χ2n) is 7.22. The van der Waals surface area contributed by atoms with Crippen molar-refractivity contribution in [2.45, 2.75) is 51.9 Å². The number of hydrogen-bond donors (Lipinski definition) is 2. The highest BCUT2D eigenvalue weighted by molar-refractivity contribution is 5.80. The monoisotopic (exact) mass is 414 g/mol. The van der Waals surface area contributed by atoms with Crippen LogP contribution in [0.3, 0.4) is 0 Å². The summed E-state index contributed by atoms with van der Waals surface area (Å²) in [6.07, 6.45) is -1.32. The van der Waals surface area contributed by atoms with E-state index in [1.807, 2.05) is 13.8 Å². The molecule has 0 saturated carbocycles. The minimum absolute atomic E-state index is 0.283. The zero-order chi connectivity index (χ0) is 21.1. The standard InChI is InChI=1S/C21H33F3N4O/c1-3-25-20(26-12-5-6-14-29-4-2)27-19-11-13-28(16-19)15-17-7-9-18(10-8-17)21(22,23)24/h7-10,19H,3-6,11-16H2,1-2H3,(H2,25,26,27). The third-order valence-corrected chi connectivity index (χ3v) is 4.82. The van der Waals surface area contributed by atoms with E-state index in [0.717, 1.165) is 82.3 Å². The molecule has 1 saturated heterocycles. The average Bonchev–Trinajstić information content (AvgIpc) is 3.11. The van der Waals surface area contributed by atoms with Gasteiger partial charge in [0.05, 0.1) is 5.56 Å². The maximum atomic E-state index is 12.7. The first kappa shape index (κ1) is 23.5. The Morgan fingerprint density at radius 2 is 1.97 bits per heavy atom. The molecule has 1 aromatic rings. The number of nitrogens with zero attached hydrogens (tertiary/aromatic N) is 2. The molecule has 1 fully saturated rings. The van der Waals surface area contributed by atoms with E-state index in [-0.39, 0.29) is 6.04 Å². The molecule has 1 unspecified atom stereocenters. The maximum absolute atomic E-state index is 12.7. The van der Waals surface area contributed by atoms with E-state index in [1.165, 1.54) is 0 Å². The number of unbranched alkanes of at least 4 members (excludes halogenated alkanes) is 1. The van der Waals surface area contributed by atoms with Crippen LogP contribution in [-0.2, 0) is 17.5 Å². The number of alkyl halides is 3. The zero-order valence-electron chi connectivity index (χ0n) is 17.4. The van der Waals surface area contributed by atoms with E-state index in [4.69, 9.17) is 4.74 Å². The third kappa shape index (κ3) is 8.62. The van der Waals surface area contributed by atoms with Crippen molar-refractivity contribution in [1.29, 1.82) is 0 Å². The fourth-order valence-corrected chi connectivity index (χ4v) is 3.32. The summed E-state index contributed by atoms with van der Waals surface area (Å²) in [4.78, 5) is 6.89. The highest BCUT2D eigenvalue weighted by atomic mass is 19.4. The van der Waals surface area contributed by atoms with Crippen molar-refractivity contribution in [2.24, 2.45) is 4.99 Å². The Balaban J connectivity index is 1.78. The van der Waals surface area contributed by atoms with Gasteiger partial charge in [0.15, 0.2) is 5.96 Å². The summed E-state index contributed by atoms with van der Waals surface area (Å²) in [5, 5.41) is 6.76. The molecule has 0 bridgehead atoms. The summed E-state index contributed by atoms with van der Waals surface area (Å²) in [5.41, 5.74) is 0.295. The van der Waals surface area contributed by atoms with Gasteiger partial charge in [-0.05, 0) is 50.8 Å². The number of likely N-dealkylation sites (tertiary alicyclic amines) is 1. The van der Waals surface area contributed by atoms with Crippen LogP contribution in [0.5, 0.6) is 0 Å². The van der Waals surface area contributed by atoms with Crippen LogP contribution in [-0.4, -0.2) is 56.3 Å². The first-order valence-corrected chi connectivity index (χ1v) is 10.4. The topological polar surface area (TPSA) is 48.9 Å². The molecule has 1 aromatic carbocycles. The van der Waals surface area contributed by atoms with Gasteiger partial charge >= 0.3 is 6.18 Å². The quantitative estimate of drug-likeness (QED) is 0.349. The van der Waals surface area contributed by atoms with Crippen molar-refractivity contribution < 1.29 is 17.9 Å². The minimum Gasteiger partial charge on any atom is -0.382 e. The maximum Gasteiger partial charge on any atom is 0.416 e. The normalized spacial score (nSPS) is 18.2. The van der Waals surface area contributed by atoms with Gasteiger partial charge in [0.25, 0.3) is 0 Å². The van der Waals surface area contributed by atoms with Crippen LogP contribution in [0.15, 0.2) is 29.3 Å². The van der Waals surface area contributed by atoms with E-state index in [1.54, 1.807) is 12.1 Å². The number of halogens is 3. The van der Waals surface area contributed by atoms with Crippen LogP contribution >= 0.6 is 0 Å². The van der Waals surface area contributed by atoms with Gasteiger partial charge in [-0.15, -0.1) is 0 Å². The first-order chi connectivity index (χ1) is 13.9.